The first kappa shape index (κ1) is 18.9. The van der Waals surface area contributed by atoms with Crippen LogP contribution in [0.25, 0.3) is 0 Å². The topological polar surface area (TPSA) is 61.4 Å². The molecule has 142 valence electrons. The van der Waals surface area contributed by atoms with Crippen LogP contribution >= 0.6 is 0 Å². The Kier molecular flexibility index (Phi) is 6.06. The van der Waals surface area contributed by atoms with Crippen LogP contribution in [0.15, 0.2) is 60.7 Å². The molecule has 1 fully saturated rings. The van der Waals surface area contributed by atoms with Gasteiger partial charge in [-0.15, -0.1) is 0 Å². The maximum Gasteiger partial charge on any atom is 0.317 e. The Bertz CT molecular complexity index is 770. The standard InChI is InChI=1S/C21H24FN3O2/c22-21(19(26)24-15-18-9-5-2-6-10-18)12-14-25(16-21)20(27)23-13-11-17-7-3-1-4-8-17/h1-10H,11-16H2,(H,23,27)(H,24,26). The number of benzene rings is 2. The number of hydrogen-bond acceptors (Lipinski definition) is 2. The van der Waals surface area contributed by atoms with Crippen LogP contribution in [0.5, 0.6) is 0 Å². The second-order valence-corrected chi connectivity index (χ2v) is 6.77. The first-order valence-electron chi connectivity index (χ1n) is 9.15. The molecule has 1 aliphatic heterocycles. The third-order valence-corrected chi connectivity index (χ3v) is 4.74. The molecule has 5 nitrogen and oxygen atoms in total. The largest absolute Gasteiger partial charge is 0.349 e. The SMILES string of the molecule is O=C(NCCc1ccccc1)N1CCC(F)(C(=O)NCc2ccccc2)C1. The van der Waals surface area contributed by atoms with E-state index in [1.165, 1.54) is 4.90 Å². The molecule has 2 aromatic rings. The van der Waals surface area contributed by atoms with E-state index in [1.54, 1.807) is 0 Å². The minimum atomic E-state index is -2.04. The van der Waals surface area contributed by atoms with Crippen molar-refractivity contribution in [2.75, 3.05) is 19.6 Å². The Hall–Kier alpha value is -2.89. The Morgan fingerprint density at radius 3 is 2.26 bits per heavy atom. The van der Waals surface area contributed by atoms with E-state index in [0.717, 1.165) is 11.1 Å². The van der Waals surface area contributed by atoms with Crippen molar-refractivity contribution in [2.45, 2.75) is 25.1 Å². The zero-order valence-corrected chi connectivity index (χ0v) is 15.2. The van der Waals surface area contributed by atoms with Crippen LogP contribution in [0, 0.1) is 0 Å². The fourth-order valence-corrected chi connectivity index (χ4v) is 3.14. The van der Waals surface area contributed by atoms with E-state index in [2.05, 4.69) is 10.6 Å². The number of alkyl halides is 1. The monoisotopic (exact) mass is 369 g/mol. The summed E-state index contributed by atoms with van der Waals surface area (Å²) in [6.45, 7) is 0.755. The van der Waals surface area contributed by atoms with Crippen LogP contribution in [0.1, 0.15) is 17.5 Å². The fraction of sp³-hybridized carbons (Fsp3) is 0.333. The molecule has 1 atom stereocenters. The normalized spacial score (nSPS) is 18.9. The van der Waals surface area contributed by atoms with Gasteiger partial charge < -0.3 is 15.5 Å². The van der Waals surface area contributed by atoms with Crippen LogP contribution < -0.4 is 10.6 Å². The number of hydrogen-bond donors (Lipinski definition) is 2. The molecule has 0 saturated carbocycles. The second kappa shape index (κ2) is 8.66. The molecule has 1 aliphatic rings. The van der Waals surface area contributed by atoms with Crippen LogP contribution in [0.2, 0.25) is 0 Å². The summed E-state index contributed by atoms with van der Waals surface area (Å²) < 4.78 is 15.0. The van der Waals surface area contributed by atoms with Crippen molar-refractivity contribution in [3.05, 3.63) is 71.8 Å². The van der Waals surface area contributed by atoms with E-state index in [4.69, 9.17) is 0 Å². The molecule has 6 heteroatoms. The number of carbonyl (C=O) groups excluding carboxylic acids is 2. The number of rotatable bonds is 6. The molecule has 0 aromatic heterocycles. The molecular weight excluding hydrogens is 345 g/mol. The molecule has 1 saturated heterocycles. The second-order valence-electron chi connectivity index (χ2n) is 6.77. The molecule has 0 bridgehead atoms. The van der Waals surface area contributed by atoms with E-state index in [0.29, 0.717) is 13.0 Å². The van der Waals surface area contributed by atoms with Crippen molar-refractivity contribution in [2.24, 2.45) is 0 Å². The lowest BCUT2D eigenvalue weighted by molar-refractivity contribution is -0.132. The van der Waals surface area contributed by atoms with Crippen molar-refractivity contribution in [3.8, 4) is 0 Å². The zero-order chi connectivity index (χ0) is 19.1. The van der Waals surface area contributed by atoms with E-state index < -0.39 is 11.6 Å². The molecule has 1 heterocycles. The number of nitrogens with one attached hydrogen (secondary N) is 2. The van der Waals surface area contributed by atoms with Gasteiger partial charge in [0.15, 0.2) is 0 Å². The molecule has 0 spiro atoms. The number of amides is 3. The summed E-state index contributed by atoms with van der Waals surface area (Å²) in [5, 5.41) is 5.43. The molecule has 2 N–H and O–H groups in total. The molecule has 3 rings (SSSR count). The van der Waals surface area contributed by atoms with E-state index in [9.17, 15) is 14.0 Å². The van der Waals surface area contributed by atoms with Crippen LogP contribution in [0.3, 0.4) is 0 Å². The van der Waals surface area contributed by atoms with Crippen molar-refractivity contribution in [1.82, 2.24) is 15.5 Å². The third-order valence-electron chi connectivity index (χ3n) is 4.74. The molecular formula is C21H24FN3O2. The number of likely N-dealkylation sites (tertiary alicyclic amines) is 1. The van der Waals surface area contributed by atoms with Gasteiger partial charge in [-0.2, -0.15) is 0 Å². The lowest BCUT2D eigenvalue weighted by Crippen LogP contribution is -2.47. The lowest BCUT2D eigenvalue weighted by Gasteiger charge is -2.21. The molecule has 1 unspecified atom stereocenters. The predicted molar refractivity (Wildman–Crippen MR) is 102 cm³/mol. The van der Waals surface area contributed by atoms with Crippen LogP contribution in [-0.2, 0) is 17.8 Å². The quantitative estimate of drug-likeness (QED) is 0.822. The van der Waals surface area contributed by atoms with E-state index >= 15 is 0 Å². The summed E-state index contributed by atoms with van der Waals surface area (Å²) in [6.07, 6.45) is 0.721. The number of carbonyl (C=O) groups is 2. The van der Waals surface area contributed by atoms with Gasteiger partial charge in [0.05, 0.1) is 6.54 Å². The number of nitrogens with zero attached hydrogens (tertiary/aromatic N) is 1. The van der Waals surface area contributed by atoms with Gasteiger partial charge in [0.25, 0.3) is 5.91 Å². The van der Waals surface area contributed by atoms with Gasteiger partial charge in [-0.1, -0.05) is 60.7 Å². The van der Waals surface area contributed by atoms with Crippen molar-refractivity contribution < 1.29 is 14.0 Å². The molecule has 2 aromatic carbocycles. The van der Waals surface area contributed by atoms with Gasteiger partial charge in [0, 0.05) is 26.1 Å². The minimum Gasteiger partial charge on any atom is -0.349 e. The van der Waals surface area contributed by atoms with Gasteiger partial charge >= 0.3 is 6.03 Å². The van der Waals surface area contributed by atoms with Crippen molar-refractivity contribution in [3.63, 3.8) is 0 Å². The highest BCUT2D eigenvalue weighted by Crippen LogP contribution is 2.26. The number of halogens is 1. The summed E-state index contributed by atoms with van der Waals surface area (Å²) in [5.74, 6) is -0.661. The first-order chi connectivity index (χ1) is 13.1. The Labute approximate surface area is 158 Å². The van der Waals surface area contributed by atoms with Gasteiger partial charge in [-0.3, -0.25) is 4.79 Å². The molecule has 0 aliphatic carbocycles. The number of urea groups is 1. The lowest BCUT2D eigenvalue weighted by atomic mass is 10.0. The predicted octanol–water partition coefficient (Wildman–Crippen LogP) is 2.67. The van der Waals surface area contributed by atoms with Crippen LogP contribution in [-0.4, -0.2) is 42.1 Å². The third kappa shape index (κ3) is 5.06. The Morgan fingerprint density at radius 2 is 1.59 bits per heavy atom. The highest BCUT2D eigenvalue weighted by atomic mass is 19.1. The maximum absolute atomic E-state index is 15.0. The van der Waals surface area contributed by atoms with Crippen molar-refractivity contribution in [1.29, 1.82) is 0 Å². The minimum absolute atomic E-state index is 0.0136. The summed E-state index contributed by atoms with van der Waals surface area (Å²) in [7, 11) is 0. The summed E-state index contributed by atoms with van der Waals surface area (Å²) in [4.78, 5) is 25.9. The van der Waals surface area contributed by atoms with Crippen molar-refractivity contribution >= 4 is 11.9 Å². The molecule has 0 radical (unpaired) electrons. The average molecular weight is 369 g/mol. The summed E-state index contributed by atoms with van der Waals surface area (Å²) >= 11 is 0. The highest BCUT2D eigenvalue weighted by Gasteiger charge is 2.46. The average Bonchev–Trinajstić information content (AvgIpc) is 3.11. The Morgan fingerprint density at radius 1 is 0.963 bits per heavy atom. The zero-order valence-electron chi connectivity index (χ0n) is 15.2. The maximum atomic E-state index is 15.0. The first-order valence-corrected chi connectivity index (χ1v) is 9.15. The fourth-order valence-electron chi connectivity index (χ4n) is 3.14. The van der Waals surface area contributed by atoms with Gasteiger partial charge in [-0.25, -0.2) is 9.18 Å². The highest BCUT2D eigenvalue weighted by molar-refractivity contribution is 5.87. The van der Waals surface area contributed by atoms with Gasteiger partial charge in [0.2, 0.25) is 5.67 Å². The Balaban J connectivity index is 1.44. The summed E-state index contributed by atoms with van der Waals surface area (Å²) in [5.41, 5.74) is -0.00625. The smallest absolute Gasteiger partial charge is 0.317 e. The van der Waals surface area contributed by atoms with Gasteiger partial charge in [0.1, 0.15) is 0 Å². The molecule has 27 heavy (non-hydrogen) atoms. The summed E-state index contributed by atoms with van der Waals surface area (Å²) in [6, 6.07) is 18.8. The van der Waals surface area contributed by atoms with Gasteiger partial charge in [-0.05, 0) is 17.5 Å². The molecule has 3 amide bonds. The van der Waals surface area contributed by atoms with E-state index in [-0.39, 0.29) is 32.1 Å². The van der Waals surface area contributed by atoms with Crippen LogP contribution in [0.4, 0.5) is 9.18 Å². The van der Waals surface area contributed by atoms with E-state index in [1.807, 2.05) is 60.7 Å².